The van der Waals surface area contributed by atoms with E-state index in [0.717, 1.165) is 0 Å². The van der Waals surface area contributed by atoms with Crippen molar-refractivity contribution in [3.05, 3.63) is 77.9 Å². The Balaban J connectivity index is 1.99. The summed E-state index contributed by atoms with van der Waals surface area (Å²) < 4.78 is 10.6. The largest absolute Gasteiger partial charge is 0.480 e. The molecule has 9 heteroatoms. The maximum atomic E-state index is 12.3. The Hall–Kier alpha value is -3.98. The second-order valence-corrected chi connectivity index (χ2v) is 7.44. The van der Waals surface area contributed by atoms with Crippen LogP contribution in [0.25, 0.3) is 0 Å². The Kier molecular flexibility index (Phi) is 7.93. The number of aromatic nitrogens is 2. The number of para-hydroxylation sites is 2. The summed E-state index contributed by atoms with van der Waals surface area (Å²) in [5.41, 5.74) is 1.95. The maximum Gasteiger partial charge on any atom is 0.321 e. The van der Waals surface area contributed by atoms with Crippen LogP contribution in [-0.4, -0.2) is 43.9 Å². The Morgan fingerprint density at radius 2 is 1.45 bits per heavy atom. The number of benzene rings is 2. The third-order valence-corrected chi connectivity index (χ3v) is 4.89. The Labute approximate surface area is 191 Å². The van der Waals surface area contributed by atoms with Crippen molar-refractivity contribution in [3.63, 3.8) is 0 Å². The maximum absolute atomic E-state index is 12.3. The van der Waals surface area contributed by atoms with E-state index < -0.39 is 23.9 Å². The van der Waals surface area contributed by atoms with Crippen LogP contribution in [0.1, 0.15) is 30.7 Å². The van der Waals surface area contributed by atoms with Gasteiger partial charge in [0.1, 0.15) is 17.5 Å². The summed E-state index contributed by atoms with van der Waals surface area (Å²) in [6, 6.07) is 13.0. The first-order valence-corrected chi connectivity index (χ1v) is 10.3. The second-order valence-electron chi connectivity index (χ2n) is 7.44. The average Bonchev–Trinajstić information content (AvgIpc) is 3.27. The van der Waals surface area contributed by atoms with E-state index in [4.69, 9.17) is 9.47 Å². The zero-order chi connectivity index (χ0) is 23.8. The van der Waals surface area contributed by atoms with Crippen LogP contribution in [0.15, 0.2) is 61.1 Å². The van der Waals surface area contributed by atoms with Gasteiger partial charge in [-0.2, -0.15) is 0 Å². The molecule has 0 aliphatic carbocycles. The van der Waals surface area contributed by atoms with Gasteiger partial charge in [0.05, 0.1) is 6.33 Å². The lowest BCUT2D eigenvalue weighted by Gasteiger charge is -2.30. The number of H-pyrrole nitrogens is 1. The van der Waals surface area contributed by atoms with Crippen LogP contribution in [0.4, 0.5) is 0 Å². The fourth-order valence-corrected chi connectivity index (χ4v) is 3.47. The number of carboxylic acids is 1. The predicted octanol–water partition coefficient (Wildman–Crippen LogP) is 2.96. The quantitative estimate of drug-likeness (QED) is 0.356. The third-order valence-electron chi connectivity index (χ3n) is 4.89. The van der Waals surface area contributed by atoms with E-state index in [1.165, 1.54) is 20.2 Å². The van der Waals surface area contributed by atoms with Gasteiger partial charge in [0.2, 0.25) is 0 Å². The molecule has 0 radical (unpaired) electrons. The zero-order valence-corrected chi connectivity index (χ0v) is 18.4. The Morgan fingerprint density at radius 1 is 0.939 bits per heavy atom. The first-order chi connectivity index (χ1) is 15.8. The Bertz CT molecular complexity index is 1050. The summed E-state index contributed by atoms with van der Waals surface area (Å²) in [7, 11) is 0. The molecule has 0 amide bonds. The van der Waals surface area contributed by atoms with Crippen LogP contribution < -0.4 is 9.47 Å². The molecule has 33 heavy (non-hydrogen) atoms. The minimum absolute atomic E-state index is 0.167. The fourth-order valence-electron chi connectivity index (χ4n) is 3.47. The van der Waals surface area contributed by atoms with Gasteiger partial charge in [0, 0.05) is 56.4 Å². The highest BCUT2D eigenvalue weighted by Gasteiger charge is 2.28. The van der Waals surface area contributed by atoms with Crippen molar-refractivity contribution in [2.24, 2.45) is 0 Å². The molecule has 0 saturated heterocycles. The lowest BCUT2D eigenvalue weighted by atomic mass is 10.1. The molecule has 1 aromatic heterocycles. The molecule has 172 valence electrons. The number of rotatable bonds is 10. The molecular weight excluding hydrogens is 426 g/mol. The summed E-state index contributed by atoms with van der Waals surface area (Å²) >= 11 is 0. The van der Waals surface area contributed by atoms with E-state index in [1.807, 2.05) is 0 Å². The number of nitrogens with one attached hydrogen (secondary N) is 1. The van der Waals surface area contributed by atoms with E-state index in [1.54, 1.807) is 59.6 Å². The van der Waals surface area contributed by atoms with Gasteiger partial charge >= 0.3 is 17.9 Å². The lowest BCUT2D eigenvalue weighted by molar-refractivity contribution is -0.144. The van der Waals surface area contributed by atoms with Gasteiger partial charge in [0.25, 0.3) is 0 Å². The molecule has 2 aromatic carbocycles. The minimum atomic E-state index is -1.03. The van der Waals surface area contributed by atoms with Gasteiger partial charge in [-0.25, -0.2) is 4.98 Å². The van der Waals surface area contributed by atoms with Gasteiger partial charge in [-0.05, 0) is 12.1 Å². The van der Waals surface area contributed by atoms with Crippen molar-refractivity contribution >= 4 is 17.9 Å². The molecule has 0 spiro atoms. The van der Waals surface area contributed by atoms with E-state index in [0.29, 0.717) is 28.3 Å². The molecule has 0 bridgehead atoms. The molecule has 0 saturated carbocycles. The molecule has 0 aliphatic heterocycles. The molecule has 0 unspecified atom stereocenters. The number of esters is 2. The number of aliphatic carboxylic acids is 1. The summed E-state index contributed by atoms with van der Waals surface area (Å²) in [4.78, 5) is 44.1. The van der Waals surface area contributed by atoms with Gasteiger partial charge in [0.15, 0.2) is 0 Å². The second kappa shape index (κ2) is 11.1. The molecule has 2 N–H and O–H groups in total. The summed E-state index contributed by atoms with van der Waals surface area (Å²) in [5, 5.41) is 10.1. The van der Waals surface area contributed by atoms with E-state index in [-0.39, 0.29) is 19.5 Å². The molecule has 3 aromatic rings. The van der Waals surface area contributed by atoms with Crippen molar-refractivity contribution in [1.82, 2.24) is 14.9 Å². The highest BCUT2D eigenvalue weighted by molar-refractivity contribution is 5.74. The normalized spacial score (nSPS) is 11.7. The van der Waals surface area contributed by atoms with Crippen molar-refractivity contribution in [2.45, 2.75) is 39.4 Å². The summed E-state index contributed by atoms with van der Waals surface area (Å²) in [5.74, 6) is -1.26. The van der Waals surface area contributed by atoms with Crippen LogP contribution >= 0.6 is 0 Å². The van der Waals surface area contributed by atoms with Crippen LogP contribution in [0.3, 0.4) is 0 Å². The molecule has 3 rings (SSSR count). The minimum Gasteiger partial charge on any atom is -0.480 e. The van der Waals surface area contributed by atoms with Crippen molar-refractivity contribution < 1.29 is 29.0 Å². The molecule has 1 atom stereocenters. The van der Waals surface area contributed by atoms with Crippen LogP contribution in [0, 0.1) is 0 Å². The molecule has 0 aliphatic rings. The predicted molar refractivity (Wildman–Crippen MR) is 118 cm³/mol. The van der Waals surface area contributed by atoms with E-state index in [9.17, 15) is 19.5 Å². The Morgan fingerprint density at radius 3 is 1.88 bits per heavy atom. The van der Waals surface area contributed by atoms with Crippen LogP contribution in [0.2, 0.25) is 0 Å². The van der Waals surface area contributed by atoms with Crippen LogP contribution in [0.5, 0.6) is 11.5 Å². The van der Waals surface area contributed by atoms with Crippen molar-refractivity contribution in [1.29, 1.82) is 0 Å². The van der Waals surface area contributed by atoms with Gasteiger partial charge in [-0.1, -0.05) is 36.4 Å². The summed E-state index contributed by atoms with van der Waals surface area (Å²) in [6.45, 7) is 2.95. The number of imidazole rings is 1. The molecular formula is C24H25N3O6. The topological polar surface area (TPSA) is 122 Å². The highest BCUT2D eigenvalue weighted by Crippen LogP contribution is 2.26. The first kappa shape index (κ1) is 23.7. The van der Waals surface area contributed by atoms with E-state index >= 15 is 0 Å². The number of hydrogen-bond acceptors (Lipinski definition) is 7. The first-order valence-electron chi connectivity index (χ1n) is 10.3. The fraction of sp³-hybridized carbons (Fsp3) is 0.250. The molecule has 1 heterocycles. The number of carboxylic acid groups (broad SMARTS) is 1. The van der Waals surface area contributed by atoms with Crippen molar-refractivity contribution in [3.8, 4) is 11.5 Å². The monoisotopic (exact) mass is 451 g/mol. The SMILES string of the molecule is CC(=O)Oc1ccccc1CN(Cc1ccccc1OC(C)=O)[C@@H](Cc1cnc[nH]1)C(=O)O. The van der Waals surface area contributed by atoms with Crippen LogP contribution in [-0.2, 0) is 33.9 Å². The third kappa shape index (κ3) is 6.75. The van der Waals surface area contributed by atoms with E-state index in [2.05, 4.69) is 9.97 Å². The van der Waals surface area contributed by atoms with Crippen molar-refractivity contribution in [2.75, 3.05) is 0 Å². The zero-order valence-electron chi connectivity index (χ0n) is 18.4. The number of carbonyl (C=O) groups is 3. The smallest absolute Gasteiger partial charge is 0.321 e. The number of aromatic amines is 1. The summed E-state index contributed by atoms with van der Waals surface area (Å²) in [6.07, 6.45) is 3.24. The molecule has 0 fully saturated rings. The number of hydrogen-bond donors (Lipinski definition) is 2. The number of ether oxygens (including phenoxy) is 2. The lowest BCUT2D eigenvalue weighted by Crippen LogP contribution is -2.42. The highest BCUT2D eigenvalue weighted by atomic mass is 16.5. The number of nitrogens with zero attached hydrogens (tertiary/aromatic N) is 2. The average molecular weight is 451 g/mol. The van der Waals surface area contributed by atoms with Gasteiger partial charge in [-0.3, -0.25) is 19.3 Å². The standard InChI is InChI=1S/C24H25N3O6/c1-16(28)32-22-9-5-3-7-18(22)13-27(21(24(30)31)11-20-12-25-15-26-20)14-19-8-4-6-10-23(19)33-17(2)29/h3-10,12,15,21H,11,13-14H2,1-2H3,(H,25,26)(H,30,31)/t21-/m0/s1. The van der Waals surface area contributed by atoms with Gasteiger partial charge < -0.3 is 19.6 Å². The molecule has 9 nitrogen and oxygen atoms in total. The number of carbonyl (C=O) groups excluding carboxylic acids is 2. The van der Waals surface area contributed by atoms with Gasteiger partial charge in [-0.15, -0.1) is 0 Å².